The van der Waals surface area contributed by atoms with E-state index in [0.717, 1.165) is 37.4 Å². The Bertz CT molecular complexity index is 718. The summed E-state index contributed by atoms with van der Waals surface area (Å²) in [6.07, 6.45) is 6.53. The third kappa shape index (κ3) is 3.18. The largest absolute Gasteiger partial charge is 0.331 e. The first kappa shape index (κ1) is 17.6. The smallest absolute Gasteiger partial charge is 0.246 e. The van der Waals surface area contributed by atoms with Crippen LogP contribution >= 0.6 is 11.8 Å². The highest BCUT2D eigenvalue weighted by Crippen LogP contribution is 2.51. The van der Waals surface area contributed by atoms with Gasteiger partial charge >= 0.3 is 0 Å². The number of nitrogens with zero attached hydrogens (tertiary/aromatic N) is 2. The number of hydrogen-bond donors (Lipinski definition) is 0. The van der Waals surface area contributed by atoms with Gasteiger partial charge in [-0.2, -0.15) is 0 Å². The van der Waals surface area contributed by atoms with Gasteiger partial charge in [0.1, 0.15) is 6.04 Å². The van der Waals surface area contributed by atoms with Gasteiger partial charge in [0.2, 0.25) is 11.8 Å². The Morgan fingerprint density at radius 3 is 2.59 bits per heavy atom. The van der Waals surface area contributed by atoms with Crippen LogP contribution in [0.2, 0.25) is 0 Å². The van der Waals surface area contributed by atoms with E-state index in [2.05, 4.69) is 29.2 Å². The molecule has 0 N–H and O–H groups in total. The monoisotopic (exact) mass is 384 g/mol. The van der Waals surface area contributed by atoms with Crippen molar-refractivity contribution in [1.29, 1.82) is 0 Å². The van der Waals surface area contributed by atoms with Gasteiger partial charge in [0, 0.05) is 24.3 Å². The Labute approximate surface area is 165 Å². The fourth-order valence-corrected chi connectivity index (χ4v) is 6.48. The molecule has 5 rings (SSSR count). The van der Waals surface area contributed by atoms with Crippen molar-refractivity contribution in [3.63, 3.8) is 0 Å². The quantitative estimate of drug-likeness (QED) is 0.801. The molecule has 27 heavy (non-hydrogen) atoms. The Balaban J connectivity index is 1.37. The average Bonchev–Trinajstić information content (AvgIpc) is 3.14. The molecule has 2 amide bonds. The standard InChI is InChI=1S/C22H28N2O2S/c25-21(18-13-17(18)15-6-2-1-3-7-15)24-19-9-5-4-8-16(19)12-20(24)22(26)23-10-11-27-14-23/h1-3,6-7,16-20H,4-5,8-14H2/t16-,17?,18?,19-,20-/m0/s1. The van der Waals surface area contributed by atoms with E-state index in [-0.39, 0.29) is 23.8 Å². The molecule has 5 atom stereocenters. The van der Waals surface area contributed by atoms with Crippen LogP contribution in [-0.2, 0) is 9.59 Å². The summed E-state index contributed by atoms with van der Waals surface area (Å²) >= 11 is 1.82. The van der Waals surface area contributed by atoms with Crippen molar-refractivity contribution in [1.82, 2.24) is 9.80 Å². The number of fused-ring (bicyclic) bond motifs is 1. The van der Waals surface area contributed by atoms with Crippen molar-refractivity contribution in [3.05, 3.63) is 35.9 Å². The Hall–Kier alpha value is -1.49. The maximum absolute atomic E-state index is 13.5. The lowest BCUT2D eigenvalue weighted by Crippen LogP contribution is -2.50. The highest BCUT2D eigenvalue weighted by molar-refractivity contribution is 7.99. The molecule has 2 aliphatic heterocycles. The zero-order chi connectivity index (χ0) is 18.4. The van der Waals surface area contributed by atoms with Crippen molar-refractivity contribution >= 4 is 23.6 Å². The second kappa shape index (κ2) is 7.16. The molecule has 0 aromatic heterocycles. The molecule has 144 valence electrons. The van der Waals surface area contributed by atoms with Crippen LogP contribution in [0.25, 0.3) is 0 Å². The summed E-state index contributed by atoms with van der Waals surface area (Å²) in [6.45, 7) is 0.841. The molecule has 2 saturated heterocycles. The molecule has 4 nitrogen and oxygen atoms in total. The van der Waals surface area contributed by atoms with Gasteiger partial charge < -0.3 is 9.80 Å². The first-order valence-electron chi connectivity index (χ1n) is 10.5. The summed E-state index contributed by atoms with van der Waals surface area (Å²) in [7, 11) is 0. The molecule has 0 bridgehead atoms. The summed E-state index contributed by atoms with van der Waals surface area (Å²) < 4.78 is 0. The molecule has 0 radical (unpaired) electrons. The molecule has 4 fully saturated rings. The molecule has 2 heterocycles. The van der Waals surface area contributed by atoms with Crippen molar-refractivity contribution in [2.45, 2.75) is 56.5 Å². The number of amides is 2. The van der Waals surface area contributed by atoms with Crippen LogP contribution in [0.4, 0.5) is 0 Å². The van der Waals surface area contributed by atoms with Gasteiger partial charge in [0.25, 0.3) is 0 Å². The lowest BCUT2D eigenvalue weighted by atomic mass is 9.84. The second-order valence-corrected chi connectivity index (χ2v) is 9.68. The second-order valence-electron chi connectivity index (χ2n) is 8.61. The van der Waals surface area contributed by atoms with E-state index in [0.29, 0.717) is 17.9 Å². The van der Waals surface area contributed by atoms with Gasteiger partial charge in [-0.15, -0.1) is 11.8 Å². The molecule has 5 heteroatoms. The Morgan fingerprint density at radius 1 is 1.00 bits per heavy atom. The molecular weight excluding hydrogens is 356 g/mol. The third-order valence-corrected chi connectivity index (χ3v) is 7.99. The van der Waals surface area contributed by atoms with E-state index in [1.807, 2.05) is 22.7 Å². The minimum absolute atomic E-state index is 0.0799. The summed E-state index contributed by atoms with van der Waals surface area (Å²) in [5.41, 5.74) is 1.27. The van der Waals surface area contributed by atoms with Crippen LogP contribution in [0, 0.1) is 11.8 Å². The van der Waals surface area contributed by atoms with E-state index < -0.39 is 0 Å². The molecule has 2 saturated carbocycles. The number of likely N-dealkylation sites (tertiary alicyclic amines) is 1. The topological polar surface area (TPSA) is 40.6 Å². The number of hydrogen-bond acceptors (Lipinski definition) is 3. The van der Waals surface area contributed by atoms with Gasteiger partial charge in [-0.1, -0.05) is 43.2 Å². The molecule has 1 aromatic rings. The van der Waals surface area contributed by atoms with Crippen LogP contribution in [0.1, 0.15) is 50.0 Å². The first-order valence-corrected chi connectivity index (χ1v) is 11.6. The zero-order valence-corrected chi connectivity index (χ0v) is 16.6. The third-order valence-electron chi connectivity index (χ3n) is 7.03. The number of carbonyl (C=O) groups excluding carboxylic acids is 2. The minimum Gasteiger partial charge on any atom is -0.331 e. The fourth-order valence-electron chi connectivity index (χ4n) is 5.52. The van der Waals surface area contributed by atoms with Crippen LogP contribution < -0.4 is 0 Å². The molecule has 4 aliphatic rings. The summed E-state index contributed by atoms with van der Waals surface area (Å²) in [5, 5.41) is 0. The van der Waals surface area contributed by atoms with Crippen molar-refractivity contribution in [2.75, 3.05) is 18.2 Å². The van der Waals surface area contributed by atoms with Gasteiger partial charge in [0.15, 0.2) is 0 Å². The maximum atomic E-state index is 13.5. The summed E-state index contributed by atoms with van der Waals surface area (Å²) in [4.78, 5) is 30.8. The van der Waals surface area contributed by atoms with Crippen LogP contribution in [0.15, 0.2) is 30.3 Å². The van der Waals surface area contributed by atoms with Crippen molar-refractivity contribution in [2.24, 2.45) is 11.8 Å². The van der Waals surface area contributed by atoms with Gasteiger partial charge in [-0.25, -0.2) is 0 Å². The van der Waals surface area contributed by atoms with Crippen LogP contribution in [0.3, 0.4) is 0 Å². The number of benzene rings is 1. The van der Waals surface area contributed by atoms with Gasteiger partial charge in [-0.3, -0.25) is 9.59 Å². The summed E-state index contributed by atoms with van der Waals surface area (Å²) in [5.74, 6) is 3.24. The van der Waals surface area contributed by atoms with E-state index >= 15 is 0 Å². The fraction of sp³-hybridized carbons (Fsp3) is 0.636. The lowest BCUT2D eigenvalue weighted by molar-refractivity contribution is -0.145. The van der Waals surface area contributed by atoms with Crippen molar-refractivity contribution < 1.29 is 9.59 Å². The van der Waals surface area contributed by atoms with Gasteiger partial charge in [0.05, 0.1) is 5.88 Å². The van der Waals surface area contributed by atoms with E-state index in [9.17, 15) is 9.59 Å². The molecular formula is C22H28N2O2S. The van der Waals surface area contributed by atoms with E-state index in [4.69, 9.17) is 0 Å². The number of carbonyl (C=O) groups is 2. The van der Waals surface area contributed by atoms with Crippen molar-refractivity contribution in [3.8, 4) is 0 Å². The highest BCUT2D eigenvalue weighted by Gasteiger charge is 2.54. The highest BCUT2D eigenvalue weighted by atomic mass is 32.2. The van der Waals surface area contributed by atoms with Crippen LogP contribution in [0.5, 0.6) is 0 Å². The Kier molecular flexibility index (Phi) is 4.66. The first-order chi connectivity index (χ1) is 13.2. The lowest BCUT2D eigenvalue weighted by Gasteiger charge is -2.34. The van der Waals surface area contributed by atoms with E-state index in [1.54, 1.807) is 0 Å². The zero-order valence-electron chi connectivity index (χ0n) is 15.8. The van der Waals surface area contributed by atoms with Gasteiger partial charge in [-0.05, 0) is 43.1 Å². The normalized spacial score (nSPS) is 35.2. The maximum Gasteiger partial charge on any atom is 0.246 e. The SMILES string of the molecule is O=C([C@@H]1C[C@@H]2CCCC[C@@H]2N1C(=O)C1CC1c1ccccc1)N1CCSC1. The minimum atomic E-state index is -0.207. The molecule has 2 unspecified atom stereocenters. The molecule has 1 aromatic carbocycles. The summed E-state index contributed by atoms with van der Waals surface area (Å²) in [6, 6.07) is 10.5. The molecule has 2 aliphatic carbocycles. The average molecular weight is 385 g/mol. The van der Waals surface area contributed by atoms with Crippen LogP contribution in [-0.4, -0.2) is 51.9 Å². The molecule has 0 spiro atoms. The Morgan fingerprint density at radius 2 is 1.81 bits per heavy atom. The number of rotatable bonds is 3. The van der Waals surface area contributed by atoms with E-state index in [1.165, 1.54) is 24.8 Å². The predicted molar refractivity (Wildman–Crippen MR) is 107 cm³/mol. The predicted octanol–water partition coefficient (Wildman–Crippen LogP) is 3.48. The number of thioether (sulfide) groups is 1.